The van der Waals surface area contributed by atoms with Gasteiger partial charge in [-0.3, -0.25) is 0 Å². The lowest BCUT2D eigenvalue weighted by Gasteiger charge is -2.28. The highest BCUT2D eigenvalue weighted by Crippen LogP contribution is 2.14. The topological polar surface area (TPSA) is 89.9 Å². The van der Waals surface area contributed by atoms with Crippen LogP contribution in [0.1, 0.15) is 31.9 Å². The van der Waals surface area contributed by atoms with E-state index < -0.39 is 18.0 Å². The average Bonchev–Trinajstić information content (AvgIpc) is 2.45. The van der Waals surface area contributed by atoms with Crippen molar-refractivity contribution >= 4 is 12.0 Å². The molecule has 1 rings (SSSR count). The fourth-order valence-electron chi connectivity index (χ4n) is 1.97. The first-order chi connectivity index (χ1) is 9.97. The van der Waals surface area contributed by atoms with E-state index in [-0.39, 0.29) is 12.6 Å². The van der Waals surface area contributed by atoms with Gasteiger partial charge in [-0.15, -0.1) is 0 Å². The van der Waals surface area contributed by atoms with Crippen molar-refractivity contribution in [1.82, 2.24) is 10.2 Å². The number of rotatable bonds is 7. The van der Waals surface area contributed by atoms with Gasteiger partial charge in [-0.05, 0) is 25.8 Å². The standard InChI is InChI=1S/C15H22N2O4/c1-11(2)17(9-6-10-18)15(21)16-13(14(19)20)12-7-4-3-5-8-12/h3-5,7-8,11,13,18H,6,9-10H2,1-2H3,(H,16,21)(H,19,20)/t13-/m0/s1. The maximum atomic E-state index is 12.2. The monoisotopic (exact) mass is 294 g/mol. The van der Waals surface area contributed by atoms with Crippen molar-refractivity contribution in [1.29, 1.82) is 0 Å². The molecule has 1 aromatic rings. The van der Waals surface area contributed by atoms with E-state index in [9.17, 15) is 14.7 Å². The molecular weight excluding hydrogens is 272 g/mol. The molecule has 0 aliphatic carbocycles. The SMILES string of the molecule is CC(C)N(CCCO)C(=O)N[C@H](C(=O)O)c1ccccc1. The van der Waals surface area contributed by atoms with Crippen molar-refractivity contribution < 1.29 is 19.8 Å². The van der Waals surface area contributed by atoms with Crippen molar-refractivity contribution in [3.63, 3.8) is 0 Å². The molecule has 0 fully saturated rings. The number of benzene rings is 1. The minimum absolute atomic E-state index is 0.0163. The molecule has 0 saturated heterocycles. The smallest absolute Gasteiger partial charge is 0.330 e. The Bertz CT molecular complexity index is 462. The number of hydrogen-bond donors (Lipinski definition) is 3. The number of nitrogens with one attached hydrogen (secondary N) is 1. The molecule has 0 saturated carbocycles. The first-order valence-corrected chi connectivity index (χ1v) is 6.93. The van der Waals surface area contributed by atoms with Gasteiger partial charge in [0.05, 0.1) is 0 Å². The average molecular weight is 294 g/mol. The Kier molecular flexibility index (Phi) is 6.68. The van der Waals surface area contributed by atoms with E-state index in [4.69, 9.17) is 5.11 Å². The van der Waals surface area contributed by atoms with Gasteiger partial charge in [0.1, 0.15) is 0 Å². The second-order valence-corrected chi connectivity index (χ2v) is 5.00. The molecule has 2 amide bonds. The van der Waals surface area contributed by atoms with Gasteiger partial charge in [-0.25, -0.2) is 9.59 Å². The van der Waals surface area contributed by atoms with Gasteiger partial charge in [0.2, 0.25) is 0 Å². The Morgan fingerprint density at radius 2 is 1.86 bits per heavy atom. The molecular formula is C15H22N2O4. The van der Waals surface area contributed by atoms with Gasteiger partial charge in [0.25, 0.3) is 0 Å². The van der Waals surface area contributed by atoms with Crippen molar-refractivity contribution in [2.24, 2.45) is 0 Å². The Labute approximate surface area is 124 Å². The van der Waals surface area contributed by atoms with Crippen molar-refractivity contribution in [2.75, 3.05) is 13.2 Å². The highest BCUT2D eigenvalue weighted by atomic mass is 16.4. The zero-order valence-electron chi connectivity index (χ0n) is 12.3. The first kappa shape index (κ1) is 17.0. The molecule has 1 atom stereocenters. The Morgan fingerprint density at radius 1 is 1.24 bits per heavy atom. The summed E-state index contributed by atoms with van der Waals surface area (Å²) in [4.78, 5) is 25.1. The summed E-state index contributed by atoms with van der Waals surface area (Å²) in [6.45, 7) is 4.04. The largest absolute Gasteiger partial charge is 0.479 e. The minimum Gasteiger partial charge on any atom is -0.479 e. The zero-order chi connectivity index (χ0) is 15.8. The number of carbonyl (C=O) groups is 2. The number of aliphatic carboxylic acids is 1. The lowest BCUT2D eigenvalue weighted by molar-refractivity contribution is -0.139. The third-order valence-corrected chi connectivity index (χ3v) is 3.09. The lowest BCUT2D eigenvalue weighted by atomic mass is 10.1. The van der Waals surface area contributed by atoms with Crippen LogP contribution in [0.4, 0.5) is 4.79 Å². The molecule has 116 valence electrons. The van der Waals surface area contributed by atoms with Crippen LogP contribution in [0.15, 0.2) is 30.3 Å². The molecule has 0 spiro atoms. The van der Waals surface area contributed by atoms with Gasteiger partial charge in [0, 0.05) is 19.2 Å². The van der Waals surface area contributed by atoms with Crippen molar-refractivity contribution in [2.45, 2.75) is 32.4 Å². The van der Waals surface area contributed by atoms with Crippen LogP contribution in [0.2, 0.25) is 0 Å². The lowest BCUT2D eigenvalue weighted by Crippen LogP contribution is -2.47. The molecule has 1 aromatic carbocycles. The molecule has 0 aromatic heterocycles. The summed E-state index contributed by atoms with van der Waals surface area (Å²) in [5.74, 6) is -1.11. The second-order valence-electron chi connectivity index (χ2n) is 5.00. The summed E-state index contributed by atoms with van der Waals surface area (Å²) in [7, 11) is 0. The highest BCUT2D eigenvalue weighted by molar-refractivity contribution is 5.83. The summed E-state index contributed by atoms with van der Waals surface area (Å²) in [6.07, 6.45) is 0.453. The number of nitrogens with zero attached hydrogens (tertiary/aromatic N) is 1. The molecule has 6 nitrogen and oxygen atoms in total. The van der Waals surface area contributed by atoms with Crippen molar-refractivity contribution in [3.05, 3.63) is 35.9 Å². The number of carbonyl (C=O) groups excluding carboxylic acids is 1. The third kappa shape index (κ3) is 5.07. The van der Waals surface area contributed by atoms with Gasteiger partial charge in [0.15, 0.2) is 6.04 Å². The molecule has 0 bridgehead atoms. The van der Waals surface area contributed by atoms with E-state index in [1.54, 1.807) is 30.3 Å². The Morgan fingerprint density at radius 3 is 2.33 bits per heavy atom. The second kappa shape index (κ2) is 8.26. The molecule has 0 unspecified atom stereocenters. The number of carboxylic acids is 1. The van der Waals surface area contributed by atoms with Crippen LogP contribution in [0, 0.1) is 0 Å². The van der Waals surface area contributed by atoms with Crippen LogP contribution in [-0.2, 0) is 4.79 Å². The fourth-order valence-corrected chi connectivity index (χ4v) is 1.97. The van der Waals surface area contributed by atoms with Crippen LogP contribution >= 0.6 is 0 Å². The van der Waals surface area contributed by atoms with E-state index in [1.807, 2.05) is 13.8 Å². The van der Waals surface area contributed by atoms with E-state index in [1.165, 1.54) is 4.90 Å². The van der Waals surface area contributed by atoms with Crippen LogP contribution in [-0.4, -0.2) is 46.3 Å². The van der Waals surface area contributed by atoms with Gasteiger partial charge in [-0.2, -0.15) is 0 Å². The van der Waals surface area contributed by atoms with Crippen molar-refractivity contribution in [3.8, 4) is 0 Å². The summed E-state index contributed by atoms with van der Waals surface area (Å²) >= 11 is 0. The maximum absolute atomic E-state index is 12.2. The van der Waals surface area contributed by atoms with E-state index in [0.29, 0.717) is 18.5 Å². The van der Waals surface area contributed by atoms with Crippen LogP contribution < -0.4 is 5.32 Å². The molecule has 6 heteroatoms. The number of aliphatic hydroxyl groups is 1. The van der Waals surface area contributed by atoms with Crippen LogP contribution in [0.5, 0.6) is 0 Å². The third-order valence-electron chi connectivity index (χ3n) is 3.09. The molecule has 0 heterocycles. The summed E-state index contributed by atoms with van der Waals surface area (Å²) in [5, 5.41) is 20.7. The van der Waals surface area contributed by atoms with E-state index >= 15 is 0 Å². The van der Waals surface area contributed by atoms with Gasteiger partial charge < -0.3 is 20.4 Å². The summed E-state index contributed by atoms with van der Waals surface area (Å²) in [5.41, 5.74) is 0.518. The zero-order valence-corrected chi connectivity index (χ0v) is 12.3. The number of amides is 2. The van der Waals surface area contributed by atoms with Crippen LogP contribution in [0.3, 0.4) is 0 Å². The number of carboxylic acid groups (broad SMARTS) is 1. The van der Waals surface area contributed by atoms with Gasteiger partial charge >= 0.3 is 12.0 Å². The van der Waals surface area contributed by atoms with E-state index in [0.717, 1.165) is 0 Å². The summed E-state index contributed by atoms with van der Waals surface area (Å²) < 4.78 is 0. The number of urea groups is 1. The predicted molar refractivity (Wildman–Crippen MR) is 78.9 cm³/mol. The number of hydrogen-bond acceptors (Lipinski definition) is 3. The van der Waals surface area contributed by atoms with Crippen LogP contribution in [0.25, 0.3) is 0 Å². The molecule has 21 heavy (non-hydrogen) atoms. The predicted octanol–water partition coefficient (Wildman–Crippen LogP) is 1.61. The fraction of sp³-hybridized carbons (Fsp3) is 0.467. The maximum Gasteiger partial charge on any atom is 0.330 e. The summed E-state index contributed by atoms with van der Waals surface area (Å²) in [6, 6.07) is 6.93. The molecule has 3 N–H and O–H groups in total. The highest BCUT2D eigenvalue weighted by Gasteiger charge is 2.25. The first-order valence-electron chi connectivity index (χ1n) is 6.93. The molecule has 0 aliphatic rings. The number of aliphatic hydroxyl groups excluding tert-OH is 1. The van der Waals surface area contributed by atoms with Gasteiger partial charge in [-0.1, -0.05) is 30.3 Å². The normalized spacial score (nSPS) is 12.0. The van der Waals surface area contributed by atoms with E-state index in [2.05, 4.69) is 5.32 Å². The Hall–Kier alpha value is -2.08. The molecule has 0 aliphatic heterocycles. The quantitative estimate of drug-likeness (QED) is 0.712. The Balaban J connectivity index is 2.83. The minimum atomic E-state index is -1.11. The molecule has 0 radical (unpaired) electrons.